The average molecular weight is 779 g/mol. The van der Waals surface area contributed by atoms with Crippen LogP contribution in [0.4, 0.5) is 5.69 Å². The first-order chi connectivity index (χ1) is 27.4. The second-order valence-electron chi connectivity index (χ2n) is 17.3. The van der Waals surface area contributed by atoms with Crippen molar-refractivity contribution in [3.05, 3.63) is 82.6 Å². The maximum absolute atomic E-state index is 15.2. The summed E-state index contributed by atoms with van der Waals surface area (Å²) in [5.74, 6) is -1.20. The van der Waals surface area contributed by atoms with Crippen LogP contribution in [0.25, 0.3) is 10.9 Å². The van der Waals surface area contributed by atoms with Gasteiger partial charge in [-0.3, -0.25) is 19.4 Å². The van der Waals surface area contributed by atoms with E-state index in [4.69, 9.17) is 18.9 Å². The number of H-pyrrole nitrogens is 1. The van der Waals surface area contributed by atoms with Crippen molar-refractivity contribution < 1.29 is 38.4 Å². The lowest BCUT2D eigenvalue weighted by Gasteiger charge is -2.63. The minimum atomic E-state index is -2.27. The van der Waals surface area contributed by atoms with E-state index in [0.717, 1.165) is 52.9 Å². The first-order valence-corrected chi connectivity index (χ1v) is 20.3. The number of anilines is 1. The first-order valence-electron chi connectivity index (χ1n) is 20.3. The van der Waals surface area contributed by atoms with Crippen LogP contribution < -0.4 is 9.64 Å². The first kappa shape index (κ1) is 37.9. The number of piperidine rings is 1. The van der Waals surface area contributed by atoms with Crippen LogP contribution in [0, 0.1) is 11.3 Å². The Kier molecular flexibility index (Phi) is 8.77. The van der Waals surface area contributed by atoms with Gasteiger partial charge in [0.15, 0.2) is 6.10 Å². The van der Waals surface area contributed by atoms with Crippen molar-refractivity contribution in [1.82, 2.24) is 14.8 Å². The summed E-state index contributed by atoms with van der Waals surface area (Å²) in [7, 11) is 6.23. The number of aromatic amines is 1. The number of carbonyl (C=O) groups excluding carboxylic acids is 3. The molecule has 2 bridgehead atoms. The smallest absolute Gasteiger partial charge is 0.344 e. The number of rotatable bonds is 6. The number of fused-ring (bicyclic) bond motifs is 6. The van der Waals surface area contributed by atoms with E-state index in [0.29, 0.717) is 50.2 Å². The second-order valence-corrected chi connectivity index (χ2v) is 17.3. The molecule has 1 aromatic heterocycles. The number of ether oxygens (including phenoxy) is 4. The molecule has 2 aromatic carbocycles. The van der Waals surface area contributed by atoms with E-state index in [2.05, 4.69) is 58.1 Å². The van der Waals surface area contributed by atoms with E-state index in [-0.39, 0.29) is 17.9 Å². The number of carbonyl (C=O) groups is 3. The Hall–Kier alpha value is -4.65. The Labute approximate surface area is 333 Å². The molecule has 5 aliphatic heterocycles. The van der Waals surface area contributed by atoms with Gasteiger partial charge in [-0.25, -0.2) is 4.79 Å². The predicted octanol–water partition coefficient (Wildman–Crippen LogP) is 4.75. The van der Waals surface area contributed by atoms with Gasteiger partial charge in [-0.1, -0.05) is 48.9 Å². The number of benzene rings is 2. The highest BCUT2D eigenvalue weighted by Crippen LogP contribution is 2.68. The minimum Gasteiger partial charge on any atom is -0.496 e. The molecule has 1 spiro atoms. The Bertz CT molecular complexity index is 2250. The van der Waals surface area contributed by atoms with Crippen LogP contribution in [0.2, 0.25) is 0 Å². The van der Waals surface area contributed by atoms with Gasteiger partial charge < -0.3 is 33.9 Å². The fraction of sp³-hybridized carbons (Fsp3) is 0.533. The molecule has 2 saturated heterocycles. The van der Waals surface area contributed by atoms with Crippen LogP contribution in [0.1, 0.15) is 68.8 Å². The number of aliphatic hydroxyl groups is 1. The number of aromatic nitrogens is 1. The van der Waals surface area contributed by atoms with Gasteiger partial charge in [0.25, 0.3) is 0 Å². The molecule has 6 heterocycles. The molecule has 9 rings (SSSR count). The van der Waals surface area contributed by atoms with Gasteiger partial charge in [0.05, 0.1) is 27.4 Å². The summed E-state index contributed by atoms with van der Waals surface area (Å²) in [5.41, 5.74) is 1.10. The van der Waals surface area contributed by atoms with E-state index >= 15 is 4.79 Å². The van der Waals surface area contributed by atoms with Crippen LogP contribution in [0.5, 0.6) is 5.75 Å². The Balaban J connectivity index is 1.37. The lowest BCUT2D eigenvalue weighted by atomic mass is 9.47. The van der Waals surface area contributed by atoms with E-state index in [1.165, 1.54) is 26.7 Å². The SMILES string of the molecule is C/C=C1\CC2CN(C1)Cc1c([nH]c3ccccc13)[C@@](C(=O)OC)(c1cc3c(cc1OC)N(C)[C@H]1C(O)(C(=O)OC)[C@H](OC(C)=O)[C@]4(CC)C=CCN5CC[C@]31[C@@H]54)C2. The number of para-hydroxylation sites is 1. The largest absolute Gasteiger partial charge is 0.496 e. The zero-order valence-electron chi connectivity index (χ0n) is 34.0. The summed E-state index contributed by atoms with van der Waals surface area (Å²) in [6.45, 7) is 9.14. The van der Waals surface area contributed by atoms with Crippen LogP contribution >= 0.6 is 0 Å². The summed E-state index contributed by atoms with van der Waals surface area (Å²) in [5, 5.41) is 14.4. The maximum atomic E-state index is 15.2. The van der Waals surface area contributed by atoms with Crippen LogP contribution in [0.15, 0.2) is 60.2 Å². The standard InChI is InChI=1S/C45H54N4O8/c1-8-27-19-28-22-44(40(51)55-6,36-30(25-48(23-27)24-28)29-13-10-11-14-33(29)46-36)32-20-31-34(21-35(32)54-5)47(4)38-43(31)16-18-49-17-12-15-42(9-2,37(43)49)39(57-26(3)50)45(38,53)41(52)56-7/h8,10-15,20-21,28,37-39,46,53H,9,16-19,22-25H2,1-7H3/b27-8+/t28?,37-,38+,39+,42+,43+,44-,45?/m0/s1. The molecular weight excluding hydrogens is 725 g/mol. The number of allylic oxidation sites excluding steroid dienone is 1. The van der Waals surface area contributed by atoms with Crippen molar-refractivity contribution in [3.63, 3.8) is 0 Å². The summed E-state index contributed by atoms with van der Waals surface area (Å²) in [6, 6.07) is 11.2. The molecule has 0 amide bonds. The molecular formula is C45H54N4O8. The van der Waals surface area contributed by atoms with E-state index in [9.17, 15) is 14.7 Å². The molecule has 12 nitrogen and oxygen atoms in total. The molecule has 2 N–H and O–H groups in total. The number of nitrogens with one attached hydrogen (secondary N) is 1. The number of likely N-dealkylation sites (N-methyl/N-ethyl adjacent to an activating group) is 1. The number of nitrogens with zero attached hydrogens (tertiary/aromatic N) is 3. The van der Waals surface area contributed by atoms with Gasteiger partial charge in [0.2, 0.25) is 5.60 Å². The normalized spacial score (nSPS) is 35.8. The number of hydrogen-bond donors (Lipinski definition) is 2. The van der Waals surface area contributed by atoms with Gasteiger partial charge >= 0.3 is 17.9 Å². The van der Waals surface area contributed by atoms with Gasteiger partial charge in [-0.2, -0.15) is 0 Å². The molecule has 6 aliphatic rings. The Morgan fingerprint density at radius 1 is 1.04 bits per heavy atom. The fourth-order valence-electron chi connectivity index (χ4n) is 13.0. The maximum Gasteiger partial charge on any atom is 0.344 e. The molecule has 9 atom stereocenters. The third-order valence-corrected chi connectivity index (χ3v) is 14.8. The molecule has 1 aliphatic carbocycles. The lowest BCUT2D eigenvalue weighted by Crippen LogP contribution is -2.81. The van der Waals surface area contributed by atoms with Gasteiger partial charge in [-0.15, -0.1) is 0 Å². The molecule has 302 valence electrons. The van der Waals surface area contributed by atoms with Crippen molar-refractivity contribution >= 4 is 34.5 Å². The van der Waals surface area contributed by atoms with Gasteiger partial charge in [0.1, 0.15) is 11.2 Å². The zero-order chi connectivity index (χ0) is 40.2. The monoisotopic (exact) mass is 778 g/mol. The van der Waals surface area contributed by atoms with Crippen molar-refractivity contribution in [2.24, 2.45) is 11.3 Å². The Morgan fingerprint density at radius 2 is 1.81 bits per heavy atom. The van der Waals surface area contributed by atoms with Gasteiger partial charge in [0, 0.05) is 90.9 Å². The van der Waals surface area contributed by atoms with Crippen LogP contribution in [-0.4, -0.2) is 116 Å². The molecule has 3 fully saturated rings. The van der Waals surface area contributed by atoms with Gasteiger partial charge in [-0.05, 0) is 68.3 Å². The summed E-state index contributed by atoms with van der Waals surface area (Å²) in [4.78, 5) is 53.1. The second kappa shape index (κ2) is 13.2. The number of esters is 3. The number of hydrogen-bond acceptors (Lipinski definition) is 11. The van der Waals surface area contributed by atoms with E-state index in [1.54, 1.807) is 7.11 Å². The third-order valence-electron chi connectivity index (χ3n) is 14.8. The highest BCUT2D eigenvalue weighted by molar-refractivity contribution is 5.95. The summed E-state index contributed by atoms with van der Waals surface area (Å²) in [6.07, 6.45) is 7.51. The van der Waals surface area contributed by atoms with Crippen LogP contribution in [0.3, 0.4) is 0 Å². The van der Waals surface area contributed by atoms with E-state index in [1.807, 2.05) is 37.1 Å². The molecule has 0 radical (unpaired) electrons. The van der Waals surface area contributed by atoms with Crippen molar-refractivity contribution in [3.8, 4) is 5.75 Å². The summed E-state index contributed by atoms with van der Waals surface area (Å²) >= 11 is 0. The molecule has 57 heavy (non-hydrogen) atoms. The number of methoxy groups -OCH3 is 3. The molecule has 3 unspecified atom stereocenters. The van der Waals surface area contributed by atoms with E-state index < -0.39 is 45.9 Å². The third kappa shape index (κ3) is 4.80. The topological polar surface area (TPSA) is 134 Å². The molecule has 1 saturated carbocycles. The highest BCUT2D eigenvalue weighted by atomic mass is 16.6. The zero-order valence-corrected chi connectivity index (χ0v) is 34.0. The summed E-state index contributed by atoms with van der Waals surface area (Å²) < 4.78 is 23.9. The van der Waals surface area contributed by atoms with Crippen LogP contribution in [-0.2, 0) is 46.0 Å². The average Bonchev–Trinajstić information content (AvgIpc) is 3.87. The minimum absolute atomic E-state index is 0.122. The van der Waals surface area contributed by atoms with Crippen molar-refractivity contribution in [2.45, 2.75) is 87.6 Å². The molecule has 12 heteroatoms. The lowest BCUT2D eigenvalue weighted by molar-refractivity contribution is -0.228. The quantitative estimate of drug-likeness (QED) is 0.204. The highest BCUT2D eigenvalue weighted by Gasteiger charge is 2.80. The predicted molar refractivity (Wildman–Crippen MR) is 214 cm³/mol. The molecule has 3 aromatic rings. The Morgan fingerprint density at radius 3 is 2.51 bits per heavy atom. The van der Waals surface area contributed by atoms with Crippen molar-refractivity contribution in [1.29, 1.82) is 0 Å². The van der Waals surface area contributed by atoms with Crippen molar-refractivity contribution in [2.75, 3.05) is 59.5 Å². The fourth-order valence-corrected chi connectivity index (χ4v) is 13.0.